The first kappa shape index (κ1) is 16.9. The molecule has 0 radical (unpaired) electrons. The van der Waals surface area contributed by atoms with Gasteiger partial charge >= 0.3 is 0 Å². The molecule has 3 aliphatic heterocycles. The number of amides is 1. The van der Waals surface area contributed by atoms with Crippen LogP contribution < -0.4 is 15.5 Å². The van der Waals surface area contributed by atoms with Crippen LogP contribution in [0.3, 0.4) is 0 Å². The van der Waals surface area contributed by atoms with Gasteiger partial charge in [-0.3, -0.25) is 9.89 Å². The topological polar surface area (TPSA) is 98.8 Å². The maximum atomic E-state index is 12.8. The van der Waals surface area contributed by atoms with Crippen LogP contribution in [0.1, 0.15) is 35.8 Å². The van der Waals surface area contributed by atoms with E-state index in [0.29, 0.717) is 24.0 Å². The van der Waals surface area contributed by atoms with Crippen molar-refractivity contribution in [1.82, 2.24) is 30.8 Å². The number of hydrogen-bond donors (Lipinski definition) is 3. The maximum absolute atomic E-state index is 12.8. The van der Waals surface area contributed by atoms with Crippen molar-refractivity contribution in [2.75, 3.05) is 24.5 Å². The Bertz CT molecular complexity index is 1140. The number of nitrogens with one attached hydrogen (secondary N) is 3. The lowest BCUT2D eigenvalue weighted by molar-refractivity contribution is 0.0945. The molecule has 29 heavy (non-hydrogen) atoms. The van der Waals surface area contributed by atoms with E-state index >= 15 is 0 Å². The predicted octanol–water partition coefficient (Wildman–Crippen LogP) is 1.64. The van der Waals surface area contributed by atoms with Gasteiger partial charge < -0.3 is 15.5 Å². The van der Waals surface area contributed by atoms with E-state index in [-0.39, 0.29) is 11.4 Å². The number of aromatic amines is 1. The minimum atomic E-state index is -0.0645. The Morgan fingerprint density at radius 1 is 1.28 bits per heavy atom. The minimum Gasteiger partial charge on any atom is -0.352 e. The average molecular weight is 389 g/mol. The van der Waals surface area contributed by atoms with Crippen LogP contribution in [0.2, 0.25) is 0 Å². The monoisotopic (exact) mass is 389 g/mol. The normalized spacial score (nSPS) is 25.9. The van der Waals surface area contributed by atoms with E-state index < -0.39 is 0 Å². The summed E-state index contributed by atoms with van der Waals surface area (Å²) < 4.78 is 0. The highest BCUT2D eigenvalue weighted by Gasteiger charge is 2.43. The highest BCUT2D eigenvalue weighted by molar-refractivity contribution is 6.02. The molecule has 6 rings (SSSR count). The quantitative estimate of drug-likeness (QED) is 0.616. The van der Waals surface area contributed by atoms with Crippen molar-refractivity contribution in [1.29, 1.82) is 0 Å². The third-order valence-corrected chi connectivity index (χ3v) is 6.44. The summed E-state index contributed by atoms with van der Waals surface area (Å²) in [5.74, 6) is 1.36. The molecule has 3 aromatic rings. The third kappa shape index (κ3) is 2.62. The highest BCUT2D eigenvalue weighted by Crippen LogP contribution is 2.35. The van der Waals surface area contributed by atoms with Crippen molar-refractivity contribution in [2.45, 2.75) is 37.8 Å². The van der Waals surface area contributed by atoms with Crippen LogP contribution in [0.15, 0.2) is 24.4 Å². The van der Waals surface area contributed by atoms with Crippen molar-refractivity contribution in [3.63, 3.8) is 0 Å². The van der Waals surface area contributed by atoms with Crippen LogP contribution in [0.5, 0.6) is 0 Å². The summed E-state index contributed by atoms with van der Waals surface area (Å²) >= 11 is 0. The zero-order chi connectivity index (χ0) is 19.6. The predicted molar refractivity (Wildman–Crippen MR) is 110 cm³/mol. The molecular formula is C21H23N7O. The fourth-order valence-electron chi connectivity index (χ4n) is 5.11. The molecular weight excluding hydrogens is 366 g/mol. The van der Waals surface area contributed by atoms with Gasteiger partial charge in [-0.15, -0.1) is 0 Å². The van der Waals surface area contributed by atoms with Gasteiger partial charge in [-0.2, -0.15) is 5.10 Å². The fourth-order valence-corrected chi connectivity index (χ4v) is 5.11. The molecule has 148 valence electrons. The van der Waals surface area contributed by atoms with E-state index in [0.717, 1.165) is 60.3 Å². The summed E-state index contributed by atoms with van der Waals surface area (Å²) in [7, 11) is 0. The van der Waals surface area contributed by atoms with Gasteiger partial charge in [0.15, 0.2) is 5.82 Å². The summed E-state index contributed by atoms with van der Waals surface area (Å²) in [5.41, 5.74) is 3.44. The number of hydrogen-bond acceptors (Lipinski definition) is 6. The number of fused-ring (bicyclic) bond motifs is 4. The van der Waals surface area contributed by atoms with E-state index in [9.17, 15) is 4.79 Å². The fraction of sp³-hybridized carbons (Fsp3) is 0.429. The molecule has 2 atom stereocenters. The van der Waals surface area contributed by atoms with Gasteiger partial charge in [0.1, 0.15) is 11.4 Å². The molecule has 2 aromatic heterocycles. The molecule has 0 aliphatic carbocycles. The van der Waals surface area contributed by atoms with Crippen LogP contribution in [0.4, 0.5) is 5.82 Å². The second-order valence-electron chi connectivity index (χ2n) is 8.66. The average Bonchev–Trinajstić information content (AvgIpc) is 3.30. The molecule has 1 aromatic carbocycles. The summed E-state index contributed by atoms with van der Waals surface area (Å²) in [4.78, 5) is 24.9. The Kier molecular flexibility index (Phi) is 3.50. The first-order chi connectivity index (χ1) is 14.1. The van der Waals surface area contributed by atoms with Gasteiger partial charge in [0.2, 0.25) is 0 Å². The van der Waals surface area contributed by atoms with Gasteiger partial charge in [0.05, 0.1) is 17.4 Å². The van der Waals surface area contributed by atoms with Crippen LogP contribution in [-0.2, 0) is 6.42 Å². The van der Waals surface area contributed by atoms with E-state index in [1.54, 1.807) is 0 Å². The number of nitrogens with zero attached hydrogens (tertiary/aromatic N) is 4. The van der Waals surface area contributed by atoms with E-state index in [4.69, 9.17) is 9.97 Å². The number of anilines is 1. The lowest BCUT2D eigenvalue weighted by Crippen LogP contribution is -2.58. The highest BCUT2D eigenvalue weighted by atomic mass is 16.1. The van der Waals surface area contributed by atoms with Crippen molar-refractivity contribution in [3.8, 4) is 11.4 Å². The second kappa shape index (κ2) is 6.00. The Labute approximate surface area is 168 Å². The number of H-pyrrole nitrogens is 1. The molecule has 0 spiro atoms. The molecule has 8 nitrogen and oxygen atoms in total. The van der Waals surface area contributed by atoms with Gasteiger partial charge in [-0.1, -0.05) is 12.1 Å². The molecule has 0 unspecified atom stereocenters. The van der Waals surface area contributed by atoms with Crippen LogP contribution in [0.25, 0.3) is 22.3 Å². The van der Waals surface area contributed by atoms with Crippen molar-refractivity contribution >= 4 is 22.6 Å². The van der Waals surface area contributed by atoms with Gasteiger partial charge in [-0.25, -0.2) is 9.97 Å². The summed E-state index contributed by atoms with van der Waals surface area (Å²) in [6.45, 7) is 4.58. The van der Waals surface area contributed by atoms with E-state index in [1.807, 2.05) is 24.4 Å². The summed E-state index contributed by atoms with van der Waals surface area (Å²) in [6.07, 6.45) is 4.84. The molecule has 2 fully saturated rings. The number of benzene rings is 1. The van der Waals surface area contributed by atoms with Crippen molar-refractivity contribution in [2.24, 2.45) is 0 Å². The Morgan fingerprint density at radius 2 is 2.21 bits per heavy atom. The largest absolute Gasteiger partial charge is 0.352 e. The third-order valence-electron chi connectivity index (χ3n) is 6.44. The molecule has 8 heteroatoms. The van der Waals surface area contributed by atoms with Crippen LogP contribution in [-0.4, -0.2) is 57.3 Å². The van der Waals surface area contributed by atoms with E-state index in [2.05, 4.69) is 32.7 Å². The molecule has 2 bridgehead atoms. The SMILES string of the molecule is C[C@]12CC[C@H](CN(c3nc(-c4cccc5[nH]ncc45)nc4c3C(=O)NCC4)C1)N2. The standard InChI is InChI=1S/C21H23N7O/c1-21-7-5-12(26-21)10-28(11-21)19-17-16(6-8-22-20(17)29)24-18(25-19)13-3-2-4-15-14(13)9-23-27-15/h2-4,9,12,26H,5-8,10-11H2,1H3,(H,22,29)(H,23,27)/t12-,21+/m1/s1. The molecule has 5 heterocycles. The maximum Gasteiger partial charge on any atom is 0.256 e. The second-order valence-corrected chi connectivity index (χ2v) is 8.66. The van der Waals surface area contributed by atoms with Gasteiger partial charge in [0, 0.05) is 48.6 Å². The Morgan fingerprint density at radius 3 is 3.10 bits per heavy atom. The Balaban J connectivity index is 1.54. The molecule has 2 saturated heterocycles. The number of carbonyl (C=O) groups is 1. The molecule has 3 N–H and O–H groups in total. The van der Waals surface area contributed by atoms with Crippen LogP contribution in [0, 0.1) is 0 Å². The number of rotatable bonds is 2. The van der Waals surface area contributed by atoms with Gasteiger partial charge in [0.25, 0.3) is 5.91 Å². The number of piperazine rings is 1. The summed E-state index contributed by atoms with van der Waals surface area (Å²) in [5, 5.41) is 14.9. The molecule has 3 aliphatic rings. The lowest BCUT2D eigenvalue weighted by Gasteiger charge is -2.40. The number of carbonyl (C=O) groups excluding carboxylic acids is 1. The van der Waals surface area contributed by atoms with Crippen molar-refractivity contribution in [3.05, 3.63) is 35.7 Å². The minimum absolute atomic E-state index is 0.0645. The zero-order valence-corrected chi connectivity index (χ0v) is 16.3. The smallest absolute Gasteiger partial charge is 0.256 e. The van der Waals surface area contributed by atoms with Gasteiger partial charge in [-0.05, 0) is 25.8 Å². The lowest BCUT2D eigenvalue weighted by atomic mass is 9.99. The summed E-state index contributed by atoms with van der Waals surface area (Å²) in [6, 6.07) is 6.44. The van der Waals surface area contributed by atoms with E-state index in [1.165, 1.54) is 0 Å². The van der Waals surface area contributed by atoms with Crippen LogP contribution >= 0.6 is 0 Å². The molecule has 0 saturated carbocycles. The van der Waals surface area contributed by atoms with Crippen molar-refractivity contribution < 1.29 is 4.79 Å². The first-order valence-corrected chi connectivity index (χ1v) is 10.2. The molecule has 1 amide bonds. The zero-order valence-electron chi connectivity index (χ0n) is 16.3. The first-order valence-electron chi connectivity index (χ1n) is 10.2. The Hall–Kier alpha value is -3.00. The number of aromatic nitrogens is 4.